The standard InChI is InChI=1S/C19H25NO4S/c1-15-8-10-18(11-9-15)25(22,23)20-19(16(2)12-21)14-24-13-17-6-4-3-5-7-17/h3-11,16,19-21H,12-14H2,1-2H3/t16-,19+/m1/s1. The highest BCUT2D eigenvalue weighted by Gasteiger charge is 2.24. The van der Waals surface area contributed by atoms with E-state index in [2.05, 4.69) is 4.72 Å². The molecule has 136 valence electrons. The van der Waals surface area contributed by atoms with E-state index in [9.17, 15) is 13.5 Å². The normalized spacial score (nSPS) is 14.2. The summed E-state index contributed by atoms with van der Waals surface area (Å²) in [6.45, 7) is 4.13. The van der Waals surface area contributed by atoms with Gasteiger partial charge in [-0.2, -0.15) is 0 Å². The third-order valence-electron chi connectivity index (χ3n) is 4.02. The fraction of sp³-hybridized carbons (Fsp3) is 0.368. The highest BCUT2D eigenvalue weighted by Crippen LogP contribution is 2.14. The highest BCUT2D eigenvalue weighted by atomic mass is 32.2. The maximum absolute atomic E-state index is 12.6. The molecule has 0 radical (unpaired) electrons. The first-order chi connectivity index (χ1) is 11.9. The van der Waals surface area contributed by atoms with Crippen molar-refractivity contribution >= 4 is 10.0 Å². The molecule has 2 N–H and O–H groups in total. The molecule has 0 aliphatic rings. The zero-order valence-electron chi connectivity index (χ0n) is 14.6. The van der Waals surface area contributed by atoms with Gasteiger partial charge in [0.05, 0.1) is 24.2 Å². The predicted octanol–water partition coefficient (Wildman–Crippen LogP) is 2.49. The summed E-state index contributed by atoms with van der Waals surface area (Å²) >= 11 is 0. The minimum Gasteiger partial charge on any atom is -0.396 e. The number of hydrogen-bond acceptors (Lipinski definition) is 4. The number of aliphatic hydroxyl groups excluding tert-OH is 1. The van der Waals surface area contributed by atoms with E-state index in [0.29, 0.717) is 6.61 Å². The molecule has 0 heterocycles. The van der Waals surface area contributed by atoms with Gasteiger partial charge in [0.15, 0.2) is 0 Å². The molecule has 25 heavy (non-hydrogen) atoms. The minimum absolute atomic E-state index is 0.129. The summed E-state index contributed by atoms with van der Waals surface area (Å²) in [6.07, 6.45) is 0. The van der Waals surface area contributed by atoms with Gasteiger partial charge < -0.3 is 9.84 Å². The van der Waals surface area contributed by atoms with E-state index < -0.39 is 16.1 Å². The first-order valence-corrected chi connectivity index (χ1v) is 9.72. The first-order valence-electron chi connectivity index (χ1n) is 8.24. The molecule has 2 atom stereocenters. The number of benzene rings is 2. The van der Waals surface area contributed by atoms with Crippen molar-refractivity contribution in [3.63, 3.8) is 0 Å². The summed E-state index contributed by atoms with van der Waals surface area (Å²) in [5.41, 5.74) is 2.00. The van der Waals surface area contributed by atoms with Crippen molar-refractivity contribution in [1.29, 1.82) is 0 Å². The molecule has 0 amide bonds. The molecule has 2 rings (SSSR count). The van der Waals surface area contributed by atoms with Crippen molar-refractivity contribution in [2.45, 2.75) is 31.4 Å². The van der Waals surface area contributed by atoms with E-state index in [1.54, 1.807) is 31.2 Å². The average molecular weight is 363 g/mol. The lowest BCUT2D eigenvalue weighted by Crippen LogP contribution is -2.43. The fourth-order valence-electron chi connectivity index (χ4n) is 2.30. The van der Waals surface area contributed by atoms with Gasteiger partial charge in [0.2, 0.25) is 10.0 Å². The Morgan fingerprint density at radius 2 is 1.72 bits per heavy atom. The van der Waals surface area contributed by atoms with E-state index in [1.165, 1.54) is 0 Å². The lowest BCUT2D eigenvalue weighted by atomic mass is 10.1. The second-order valence-corrected chi connectivity index (χ2v) is 7.92. The quantitative estimate of drug-likeness (QED) is 0.718. The largest absolute Gasteiger partial charge is 0.396 e. The molecular formula is C19H25NO4S. The van der Waals surface area contributed by atoms with Gasteiger partial charge in [-0.25, -0.2) is 13.1 Å². The van der Waals surface area contributed by atoms with Crippen LogP contribution in [0, 0.1) is 12.8 Å². The van der Waals surface area contributed by atoms with Crippen LogP contribution >= 0.6 is 0 Å². The van der Waals surface area contributed by atoms with Crippen molar-refractivity contribution in [3.8, 4) is 0 Å². The Kier molecular flexibility index (Phi) is 7.13. The van der Waals surface area contributed by atoms with Crippen LogP contribution in [0.25, 0.3) is 0 Å². The molecule has 0 unspecified atom stereocenters. The zero-order valence-corrected chi connectivity index (χ0v) is 15.4. The summed E-state index contributed by atoms with van der Waals surface area (Å²) in [5, 5.41) is 9.43. The van der Waals surface area contributed by atoms with Crippen LogP contribution in [0.15, 0.2) is 59.5 Å². The molecule has 0 spiro atoms. The lowest BCUT2D eigenvalue weighted by Gasteiger charge is -2.23. The van der Waals surface area contributed by atoms with Gasteiger partial charge >= 0.3 is 0 Å². The Morgan fingerprint density at radius 3 is 2.32 bits per heavy atom. The van der Waals surface area contributed by atoms with Gasteiger partial charge in [-0.1, -0.05) is 55.0 Å². The smallest absolute Gasteiger partial charge is 0.240 e. The minimum atomic E-state index is -3.67. The van der Waals surface area contributed by atoms with Crippen LogP contribution in [0.3, 0.4) is 0 Å². The summed E-state index contributed by atoms with van der Waals surface area (Å²) < 4.78 is 33.4. The van der Waals surface area contributed by atoms with Gasteiger partial charge in [0, 0.05) is 6.61 Å². The highest BCUT2D eigenvalue weighted by molar-refractivity contribution is 7.89. The van der Waals surface area contributed by atoms with Gasteiger partial charge in [0.25, 0.3) is 0 Å². The van der Waals surface area contributed by atoms with Gasteiger partial charge in [-0.15, -0.1) is 0 Å². The van der Waals surface area contributed by atoms with Crippen LogP contribution in [0.2, 0.25) is 0 Å². The second kappa shape index (κ2) is 9.10. The van der Waals surface area contributed by atoms with Gasteiger partial charge in [0.1, 0.15) is 0 Å². The van der Waals surface area contributed by atoms with Crippen molar-refractivity contribution in [2.75, 3.05) is 13.2 Å². The molecule has 2 aromatic rings. The maximum Gasteiger partial charge on any atom is 0.240 e. The number of sulfonamides is 1. The second-order valence-electron chi connectivity index (χ2n) is 6.20. The molecule has 6 heteroatoms. The van der Waals surface area contributed by atoms with E-state index in [4.69, 9.17) is 4.74 Å². The lowest BCUT2D eigenvalue weighted by molar-refractivity contribution is 0.0783. The van der Waals surface area contributed by atoms with Crippen molar-refractivity contribution in [1.82, 2.24) is 4.72 Å². The molecule has 0 aliphatic heterocycles. The number of nitrogens with one attached hydrogen (secondary N) is 1. The molecule has 0 saturated carbocycles. The summed E-state index contributed by atoms with van der Waals surface area (Å²) in [5.74, 6) is -0.268. The Labute approximate surface area is 149 Å². The number of aliphatic hydroxyl groups is 1. The number of hydrogen-bond donors (Lipinski definition) is 2. The molecule has 0 aromatic heterocycles. The van der Waals surface area contributed by atoms with E-state index in [1.807, 2.05) is 37.3 Å². The van der Waals surface area contributed by atoms with Crippen LogP contribution in [0.4, 0.5) is 0 Å². The zero-order chi connectivity index (χ0) is 18.3. The van der Waals surface area contributed by atoms with Crippen LogP contribution in [0.5, 0.6) is 0 Å². The summed E-state index contributed by atoms with van der Waals surface area (Å²) in [7, 11) is -3.67. The molecule has 0 aliphatic carbocycles. The predicted molar refractivity (Wildman–Crippen MR) is 97.6 cm³/mol. The average Bonchev–Trinajstić information content (AvgIpc) is 2.61. The van der Waals surface area contributed by atoms with Crippen molar-refractivity contribution in [2.24, 2.45) is 5.92 Å². The van der Waals surface area contributed by atoms with Crippen LogP contribution in [0.1, 0.15) is 18.1 Å². The van der Waals surface area contributed by atoms with Crippen molar-refractivity contribution in [3.05, 3.63) is 65.7 Å². The Hall–Kier alpha value is -1.73. The van der Waals surface area contributed by atoms with E-state index in [-0.39, 0.29) is 24.0 Å². The van der Waals surface area contributed by atoms with Gasteiger partial charge in [-0.05, 0) is 30.5 Å². The number of aryl methyl sites for hydroxylation is 1. The molecule has 2 aromatic carbocycles. The monoisotopic (exact) mass is 363 g/mol. The first kappa shape index (κ1) is 19.6. The Balaban J connectivity index is 2.02. The van der Waals surface area contributed by atoms with Crippen molar-refractivity contribution < 1.29 is 18.3 Å². The van der Waals surface area contributed by atoms with Crippen LogP contribution in [-0.4, -0.2) is 32.8 Å². The molecule has 0 bridgehead atoms. The third kappa shape index (κ3) is 5.93. The maximum atomic E-state index is 12.6. The molecule has 0 saturated heterocycles. The van der Waals surface area contributed by atoms with Crippen LogP contribution in [-0.2, 0) is 21.4 Å². The van der Waals surface area contributed by atoms with E-state index in [0.717, 1.165) is 11.1 Å². The number of rotatable bonds is 9. The fourth-order valence-corrected chi connectivity index (χ4v) is 3.63. The summed E-state index contributed by atoms with van der Waals surface area (Å²) in [4.78, 5) is 0.205. The molecule has 0 fully saturated rings. The number of ether oxygens (including phenoxy) is 1. The topological polar surface area (TPSA) is 75.6 Å². The Bertz CT molecular complexity index is 745. The van der Waals surface area contributed by atoms with Gasteiger partial charge in [-0.3, -0.25) is 0 Å². The molecular weight excluding hydrogens is 338 g/mol. The Morgan fingerprint density at radius 1 is 1.08 bits per heavy atom. The summed E-state index contributed by atoms with van der Waals surface area (Å²) in [6, 6.07) is 15.8. The molecule has 5 nitrogen and oxygen atoms in total. The SMILES string of the molecule is Cc1ccc(S(=O)(=O)N[C@@H](COCc2ccccc2)[C@H](C)CO)cc1. The third-order valence-corrected chi connectivity index (χ3v) is 5.53. The van der Waals surface area contributed by atoms with E-state index >= 15 is 0 Å². The van der Waals surface area contributed by atoms with Crippen LogP contribution < -0.4 is 4.72 Å².